The molecule has 0 radical (unpaired) electrons. The van der Waals surface area contributed by atoms with Crippen molar-refractivity contribution < 1.29 is 18.0 Å². The summed E-state index contributed by atoms with van der Waals surface area (Å²) in [4.78, 5) is 10.8. The van der Waals surface area contributed by atoms with Crippen molar-refractivity contribution >= 4 is 5.78 Å². The van der Waals surface area contributed by atoms with Crippen molar-refractivity contribution in [2.75, 3.05) is 0 Å². The summed E-state index contributed by atoms with van der Waals surface area (Å²) in [7, 11) is 0. The maximum atomic E-state index is 11.9. The Morgan fingerprint density at radius 3 is 2.07 bits per heavy atom. The zero-order valence-corrected chi connectivity index (χ0v) is 7.56. The second-order valence-corrected chi connectivity index (χ2v) is 3.05. The molecule has 0 bridgehead atoms. The number of ketones is 1. The van der Waals surface area contributed by atoms with Crippen molar-refractivity contribution in [3.05, 3.63) is 35.4 Å². The lowest BCUT2D eigenvalue weighted by Gasteiger charge is -2.06. The van der Waals surface area contributed by atoms with Gasteiger partial charge in [-0.15, -0.1) is 0 Å². The van der Waals surface area contributed by atoms with Crippen LogP contribution in [0.1, 0.15) is 22.8 Å². The lowest BCUT2D eigenvalue weighted by Crippen LogP contribution is -2.11. The first-order chi connectivity index (χ1) is 6.38. The van der Waals surface area contributed by atoms with E-state index in [1.54, 1.807) is 0 Å². The molecule has 0 heterocycles. The van der Waals surface area contributed by atoms with Crippen LogP contribution in [0.15, 0.2) is 24.3 Å². The van der Waals surface area contributed by atoms with Gasteiger partial charge in [-0.1, -0.05) is 24.3 Å². The Kier molecular flexibility index (Phi) is 2.93. The first-order valence-electron chi connectivity index (χ1n) is 4.05. The van der Waals surface area contributed by atoms with E-state index >= 15 is 0 Å². The molecular formula is C10H9F3O. The molecule has 0 unspecified atom stereocenters. The molecule has 0 aliphatic heterocycles. The first-order valence-corrected chi connectivity index (χ1v) is 4.05. The third-order valence-corrected chi connectivity index (χ3v) is 1.77. The molecule has 0 amide bonds. The minimum Gasteiger partial charge on any atom is -0.295 e. The number of carbonyl (C=O) groups excluding carboxylic acids is 1. The summed E-state index contributed by atoms with van der Waals surface area (Å²) in [5, 5.41) is 0. The van der Waals surface area contributed by atoms with Gasteiger partial charge in [0.25, 0.3) is 0 Å². The highest BCUT2D eigenvalue weighted by molar-refractivity contribution is 5.93. The van der Waals surface area contributed by atoms with E-state index in [0.717, 1.165) is 0 Å². The molecule has 0 aliphatic carbocycles. The van der Waals surface area contributed by atoms with Gasteiger partial charge in [0.05, 0.1) is 6.42 Å². The lowest BCUT2D eigenvalue weighted by molar-refractivity contribution is -0.127. The first kappa shape index (κ1) is 10.8. The number of hydrogen-bond donors (Lipinski definition) is 0. The van der Waals surface area contributed by atoms with E-state index in [2.05, 4.69) is 0 Å². The van der Waals surface area contributed by atoms with Crippen LogP contribution >= 0.6 is 0 Å². The summed E-state index contributed by atoms with van der Waals surface area (Å²) in [5.41, 5.74) is 0.596. The minimum absolute atomic E-state index is 0.149. The molecule has 0 saturated heterocycles. The van der Waals surface area contributed by atoms with Crippen LogP contribution in [0, 0.1) is 0 Å². The number of alkyl halides is 3. The lowest BCUT2D eigenvalue weighted by atomic mass is 10.1. The fraction of sp³-hybridized carbons (Fsp3) is 0.300. The van der Waals surface area contributed by atoms with Crippen molar-refractivity contribution in [1.29, 1.82) is 0 Å². The molecule has 0 spiro atoms. The fourth-order valence-corrected chi connectivity index (χ4v) is 1.09. The topological polar surface area (TPSA) is 17.1 Å². The molecule has 0 aromatic heterocycles. The predicted molar refractivity (Wildman–Crippen MR) is 46.2 cm³/mol. The average molecular weight is 202 g/mol. The van der Waals surface area contributed by atoms with E-state index in [-0.39, 0.29) is 11.3 Å². The third-order valence-electron chi connectivity index (χ3n) is 1.77. The Balaban J connectivity index is 2.79. The molecule has 1 nitrogen and oxygen atoms in total. The van der Waals surface area contributed by atoms with Crippen LogP contribution in [0.4, 0.5) is 13.2 Å². The smallest absolute Gasteiger partial charge is 0.295 e. The molecule has 4 heteroatoms. The highest BCUT2D eigenvalue weighted by Crippen LogP contribution is 2.21. The van der Waals surface area contributed by atoms with Gasteiger partial charge in [-0.25, -0.2) is 0 Å². The Bertz CT molecular complexity index is 324. The quantitative estimate of drug-likeness (QED) is 0.674. The second kappa shape index (κ2) is 3.82. The van der Waals surface area contributed by atoms with Gasteiger partial charge in [0, 0.05) is 5.56 Å². The molecule has 76 valence electrons. The Labute approximate surface area is 79.5 Å². The highest BCUT2D eigenvalue weighted by Gasteiger charge is 2.27. The molecule has 1 rings (SSSR count). The predicted octanol–water partition coefficient (Wildman–Crippen LogP) is 2.99. The van der Waals surface area contributed by atoms with Gasteiger partial charge in [-0.05, 0) is 12.5 Å². The van der Waals surface area contributed by atoms with Crippen LogP contribution in [0.25, 0.3) is 0 Å². The summed E-state index contributed by atoms with van der Waals surface area (Å²) >= 11 is 0. The number of hydrogen-bond acceptors (Lipinski definition) is 1. The van der Waals surface area contributed by atoms with Crippen molar-refractivity contribution in [3.8, 4) is 0 Å². The number of rotatable bonds is 2. The van der Waals surface area contributed by atoms with Crippen molar-refractivity contribution in [2.24, 2.45) is 0 Å². The molecule has 1 aromatic carbocycles. The number of benzene rings is 1. The van der Waals surface area contributed by atoms with E-state index in [4.69, 9.17) is 0 Å². The van der Waals surface area contributed by atoms with Crippen molar-refractivity contribution in [1.82, 2.24) is 0 Å². The molecule has 0 saturated carbocycles. The largest absolute Gasteiger partial charge is 0.393 e. The average Bonchev–Trinajstić information content (AvgIpc) is 2.02. The summed E-state index contributed by atoms with van der Waals surface area (Å²) < 4.78 is 35.8. The molecule has 0 atom stereocenters. The number of Topliss-reactive ketones (excluding diaryl/α,β-unsaturated/α-hetero) is 1. The molecule has 0 fully saturated rings. The van der Waals surface area contributed by atoms with Crippen LogP contribution in [-0.2, 0) is 6.42 Å². The van der Waals surface area contributed by atoms with E-state index in [9.17, 15) is 18.0 Å². The third kappa shape index (κ3) is 3.20. The standard InChI is InChI=1S/C10H9F3O/c1-7(14)9-4-2-8(3-5-9)6-10(11,12)13/h2-5H,6H2,1H3. The summed E-state index contributed by atoms with van der Waals surface area (Å²) in [5.74, 6) is -0.149. The van der Waals surface area contributed by atoms with E-state index in [0.29, 0.717) is 5.56 Å². The number of carbonyl (C=O) groups is 1. The van der Waals surface area contributed by atoms with Crippen LogP contribution in [0.2, 0.25) is 0 Å². The summed E-state index contributed by atoms with van der Waals surface area (Å²) in [6.45, 7) is 1.37. The zero-order chi connectivity index (χ0) is 10.8. The Morgan fingerprint density at radius 1 is 1.21 bits per heavy atom. The normalized spacial score (nSPS) is 11.4. The summed E-state index contributed by atoms with van der Waals surface area (Å²) in [6.07, 6.45) is -5.15. The van der Waals surface area contributed by atoms with Crippen LogP contribution in [0.3, 0.4) is 0 Å². The van der Waals surface area contributed by atoms with Gasteiger partial charge in [0.2, 0.25) is 0 Å². The zero-order valence-electron chi connectivity index (χ0n) is 7.56. The van der Waals surface area contributed by atoms with Gasteiger partial charge in [0.15, 0.2) is 5.78 Å². The van der Waals surface area contributed by atoms with Crippen LogP contribution in [-0.4, -0.2) is 12.0 Å². The SMILES string of the molecule is CC(=O)c1ccc(CC(F)(F)F)cc1. The van der Waals surface area contributed by atoms with Crippen molar-refractivity contribution in [3.63, 3.8) is 0 Å². The molecular weight excluding hydrogens is 193 g/mol. The van der Waals surface area contributed by atoms with Gasteiger partial charge >= 0.3 is 6.18 Å². The monoisotopic (exact) mass is 202 g/mol. The maximum absolute atomic E-state index is 11.9. The fourth-order valence-electron chi connectivity index (χ4n) is 1.09. The summed E-state index contributed by atoms with van der Waals surface area (Å²) in [6, 6.07) is 5.46. The molecule has 14 heavy (non-hydrogen) atoms. The minimum atomic E-state index is -4.20. The van der Waals surface area contributed by atoms with Crippen LogP contribution in [0.5, 0.6) is 0 Å². The van der Waals surface area contributed by atoms with Gasteiger partial charge in [-0.3, -0.25) is 4.79 Å². The Morgan fingerprint density at radius 2 is 1.71 bits per heavy atom. The molecule has 0 aliphatic rings. The van der Waals surface area contributed by atoms with E-state index in [1.807, 2.05) is 0 Å². The maximum Gasteiger partial charge on any atom is 0.393 e. The van der Waals surface area contributed by atoms with E-state index in [1.165, 1.54) is 31.2 Å². The van der Waals surface area contributed by atoms with Gasteiger partial charge in [0.1, 0.15) is 0 Å². The Hall–Kier alpha value is -1.32. The highest BCUT2D eigenvalue weighted by atomic mass is 19.4. The van der Waals surface area contributed by atoms with E-state index < -0.39 is 12.6 Å². The number of halogens is 3. The van der Waals surface area contributed by atoms with Gasteiger partial charge < -0.3 is 0 Å². The van der Waals surface area contributed by atoms with Gasteiger partial charge in [-0.2, -0.15) is 13.2 Å². The molecule has 1 aromatic rings. The molecule has 0 N–H and O–H groups in total. The van der Waals surface area contributed by atoms with Crippen molar-refractivity contribution in [2.45, 2.75) is 19.5 Å². The second-order valence-electron chi connectivity index (χ2n) is 3.05. The van der Waals surface area contributed by atoms with Crippen LogP contribution < -0.4 is 0 Å².